The van der Waals surface area contributed by atoms with Crippen LogP contribution < -0.4 is 10.1 Å². The Labute approximate surface area is 174 Å². The van der Waals surface area contributed by atoms with Crippen LogP contribution in [0.2, 0.25) is 5.02 Å². The van der Waals surface area contributed by atoms with Crippen LogP contribution in [-0.4, -0.2) is 34.9 Å². The molecule has 0 aliphatic heterocycles. The molecule has 0 bridgehead atoms. The number of carbonyl (C=O) groups excluding carboxylic acids is 1. The largest absolute Gasteiger partial charge is 0.496 e. The van der Waals surface area contributed by atoms with E-state index in [9.17, 15) is 4.79 Å². The molecule has 0 radical (unpaired) electrons. The van der Waals surface area contributed by atoms with E-state index in [-0.39, 0.29) is 5.91 Å². The van der Waals surface area contributed by atoms with Gasteiger partial charge in [-0.1, -0.05) is 53.7 Å². The summed E-state index contributed by atoms with van der Waals surface area (Å²) in [5.41, 5.74) is 3.10. The van der Waals surface area contributed by atoms with Crippen molar-refractivity contribution < 1.29 is 9.53 Å². The molecule has 28 heavy (non-hydrogen) atoms. The Hall–Kier alpha value is -2.44. The summed E-state index contributed by atoms with van der Waals surface area (Å²) in [7, 11) is 3.60. The zero-order valence-corrected chi connectivity index (χ0v) is 17.4. The van der Waals surface area contributed by atoms with Crippen molar-refractivity contribution in [3.63, 3.8) is 0 Å². The molecule has 0 unspecified atom stereocenters. The first-order valence-electron chi connectivity index (χ1n) is 8.87. The van der Waals surface area contributed by atoms with Crippen molar-refractivity contribution in [3.05, 3.63) is 65.3 Å². The lowest BCUT2D eigenvalue weighted by Gasteiger charge is -2.09. The van der Waals surface area contributed by atoms with Crippen LogP contribution in [-0.2, 0) is 18.3 Å². The minimum atomic E-state index is -0.0176. The first-order chi connectivity index (χ1) is 13.6. The van der Waals surface area contributed by atoms with Crippen LogP contribution >= 0.6 is 23.4 Å². The molecule has 0 spiro atoms. The number of aromatic nitrogens is 2. The average Bonchev–Trinajstić information content (AvgIpc) is 3.08. The number of imidazole rings is 1. The highest BCUT2D eigenvalue weighted by Crippen LogP contribution is 2.25. The van der Waals surface area contributed by atoms with Crippen molar-refractivity contribution in [1.82, 2.24) is 14.9 Å². The molecule has 0 fully saturated rings. The van der Waals surface area contributed by atoms with Gasteiger partial charge in [-0.25, -0.2) is 4.98 Å². The van der Waals surface area contributed by atoms with Gasteiger partial charge in [0, 0.05) is 18.6 Å². The summed E-state index contributed by atoms with van der Waals surface area (Å²) in [5.74, 6) is 1.14. The Morgan fingerprint density at radius 2 is 1.96 bits per heavy atom. The first kappa shape index (κ1) is 20.3. The molecule has 3 rings (SSSR count). The van der Waals surface area contributed by atoms with Crippen molar-refractivity contribution >= 4 is 29.3 Å². The summed E-state index contributed by atoms with van der Waals surface area (Å²) in [6.45, 7) is 0.566. The molecule has 7 heteroatoms. The highest BCUT2D eigenvalue weighted by Gasteiger charge is 2.11. The molecule has 1 aromatic heterocycles. The minimum absolute atomic E-state index is 0.0176. The van der Waals surface area contributed by atoms with Crippen molar-refractivity contribution in [2.45, 2.75) is 11.6 Å². The summed E-state index contributed by atoms with van der Waals surface area (Å²) in [5, 5.41) is 4.45. The molecule has 0 saturated heterocycles. The van der Waals surface area contributed by atoms with Gasteiger partial charge in [0.15, 0.2) is 5.16 Å². The second-order valence-corrected chi connectivity index (χ2v) is 7.57. The number of hydrogen-bond donors (Lipinski definition) is 1. The SMILES string of the molecule is COc1ccccc1CCNC(=O)CSc1ncc(-c2ccc(Cl)cc2)n1C. The quantitative estimate of drug-likeness (QED) is 0.560. The molecule has 0 aliphatic rings. The van der Waals surface area contributed by atoms with E-state index in [2.05, 4.69) is 10.3 Å². The Morgan fingerprint density at radius 3 is 2.71 bits per heavy atom. The molecule has 1 heterocycles. The molecule has 1 N–H and O–H groups in total. The third kappa shape index (κ3) is 5.09. The summed E-state index contributed by atoms with van der Waals surface area (Å²) < 4.78 is 7.31. The minimum Gasteiger partial charge on any atom is -0.496 e. The highest BCUT2D eigenvalue weighted by molar-refractivity contribution is 7.99. The lowest BCUT2D eigenvalue weighted by molar-refractivity contribution is -0.118. The van der Waals surface area contributed by atoms with Crippen LogP contribution in [0.25, 0.3) is 11.3 Å². The number of thioether (sulfide) groups is 1. The fourth-order valence-electron chi connectivity index (χ4n) is 2.84. The van der Waals surface area contributed by atoms with Gasteiger partial charge in [0.25, 0.3) is 0 Å². The predicted octanol–water partition coefficient (Wildman–Crippen LogP) is 4.20. The van der Waals surface area contributed by atoms with Crippen LogP contribution in [0.5, 0.6) is 5.75 Å². The maximum Gasteiger partial charge on any atom is 0.230 e. The average molecular weight is 416 g/mol. The summed E-state index contributed by atoms with van der Waals surface area (Å²) in [6.07, 6.45) is 2.54. The number of rotatable bonds is 8. The second kappa shape index (κ2) is 9.66. The molecule has 5 nitrogen and oxygen atoms in total. The van der Waals surface area contributed by atoms with E-state index in [0.717, 1.165) is 34.1 Å². The number of carbonyl (C=O) groups is 1. The summed E-state index contributed by atoms with van der Waals surface area (Å²) in [6, 6.07) is 15.4. The Balaban J connectivity index is 1.50. The molecular weight excluding hydrogens is 394 g/mol. The smallest absolute Gasteiger partial charge is 0.230 e. The van der Waals surface area contributed by atoms with Crippen LogP contribution in [0, 0.1) is 0 Å². The molecule has 2 aromatic carbocycles. The lowest BCUT2D eigenvalue weighted by Crippen LogP contribution is -2.27. The van der Waals surface area contributed by atoms with E-state index in [0.29, 0.717) is 17.3 Å². The Kier molecular flexibility index (Phi) is 7.01. The predicted molar refractivity (Wildman–Crippen MR) is 114 cm³/mol. The number of nitrogens with one attached hydrogen (secondary N) is 1. The Bertz CT molecular complexity index is 941. The third-order valence-electron chi connectivity index (χ3n) is 4.33. The van der Waals surface area contributed by atoms with Crippen molar-refractivity contribution in [2.75, 3.05) is 19.4 Å². The molecule has 146 valence electrons. The van der Waals surface area contributed by atoms with Crippen LogP contribution in [0.4, 0.5) is 0 Å². The molecular formula is C21H22ClN3O2S. The van der Waals surface area contributed by atoms with E-state index in [1.165, 1.54) is 11.8 Å². The van der Waals surface area contributed by atoms with Gasteiger partial charge >= 0.3 is 0 Å². The van der Waals surface area contributed by atoms with Crippen LogP contribution in [0.3, 0.4) is 0 Å². The fraction of sp³-hybridized carbons (Fsp3) is 0.238. The molecule has 1 amide bonds. The molecule has 0 atom stereocenters. The first-order valence-corrected chi connectivity index (χ1v) is 10.2. The zero-order chi connectivity index (χ0) is 19.9. The van der Waals surface area contributed by atoms with Gasteiger partial charge in [-0.15, -0.1) is 0 Å². The number of amides is 1. The van der Waals surface area contributed by atoms with E-state index in [1.807, 2.05) is 66.3 Å². The molecule has 3 aromatic rings. The highest BCUT2D eigenvalue weighted by atomic mass is 35.5. The summed E-state index contributed by atoms with van der Waals surface area (Å²) in [4.78, 5) is 16.6. The molecule has 0 aliphatic carbocycles. The van der Waals surface area contributed by atoms with Gasteiger partial charge in [-0.05, 0) is 35.7 Å². The maximum atomic E-state index is 12.2. The normalized spacial score (nSPS) is 10.7. The number of benzene rings is 2. The number of para-hydroxylation sites is 1. The monoisotopic (exact) mass is 415 g/mol. The second-order valence-electron chi connectivity index (χ2n) is 6.19. The number of nitrogens with zero attached hydrogens (tertiary/aromatic N) is 2. The third-order valence-corrected chi connectivity index (χ3v) is 5.62. The van der Waals surface area contributed by atoms with E-state index >= 15 is 0 Å². The van der Waals surface area contributed by atoms with Crippen molar-refractivity contribution in [1.29, 1.82) is 0 Å². The lowest BCUT2D eigenvalue weighted by atomic mass is 10.1. The van der Waals surface area contributed by atoms with Gasteiger partial charge in [0.1, 0.15) is 5.75 Å². The zero-order valence-electron chi connectivity index (χ0n) is 15.8. The van der Waals surface area contributed by atoms with E-state index < -0.39 is 0 Å². The van der Waals surface area contributed by atoms with Gasteiger partial charge < -0.3 is 14.6 Å². The van der Waals surface area contributed by atoms with Crippen LogP contribution in [0.15, 0.2) is 59.9 Å². The number of methoxy groups -OCH3 is 1. The van der Waals surface area contributed by atoms with Crippen LogP contribution in [0.1, 0.15) is 5.56 Å². The van der Waals surface area contributed by atoms with E-state index in [1.54, 1.807) is 7.11 Å². The number of ether oxygens (including phenoxy) is 1. The standard InChI is InChI=1S/C21H22ClN3O2S/c1-25-18(15-7-9-17(22)10-8-15)13-24-21(25)28-14-20(26)23-12-11-16-5-3-4-6-19(16)27-2/h3-10,13H,11-12,14H2,1-2H3,(H,23,26). The summed E-state index contributed by atoms with van der Waals surface area (Å²) >= 11 is 7.37. The molecule has 0 saturated carbocycles. The van der Waals surface area contributed by atoms with Gasteiger partial charge in [0.2, 0.25) is 5.91 Å². The Morgan fingerprint density at radius 1 is 1.21 bits per heavy atom. The number of halogens is 1. The van der Waals surface area contributed by atoms with Gasteiger partial charge in [0.05, 0.1) is 24.8 Å². The number of hydrogen-bond acceptors (Lipinski definition) is 4. The maximum absolute atomic E-state index is 12.2. The van der Waals surface area contributed by atoms with Gasteiger partial charge in [-0.2, -0.15) is 0 Å². The topological polar surface area (TPSA) is 56.1 Å². The van der Waals surface area contributed by atoms with Crippen molar-refractivity contribution in [3.8, 4) is 17.0 Å². The van der Waals surface area contributed by atoms with Gasteiger partial charge in [-0.3, -0.25) is 4.79 Å². The fourth-order valence-corrected chi connectivity index (χ4v) is 3.75. The van der Waals surface area contributed by atoms with Crippen molar-refractivity contribution in [2.24, 2.45) is 7.05 Å². The van der Waals surface area contributed by atoms with E-state index in [4.69, 9.17) is 16.3 Å².